The first-order valence-electron chi connectivity index (χ1n) is 9.69. The van der Waals surface area contributed by atoms with Crippen molar-refractivity contribution < 1.29 is 27.1 Å². The van der Waals surface area contributed by atoms with E-state index in [1.165, 1.54) is 42.3 Å². The Balaban J connectivity index is 2.06. The van der Waals surface area contributed by atoms with Crippen molar-refractivity contribution in [3.8, 4) is 0 Å². The van der Waals surface area contributed by atoms with E-state index in [-0.39, 0.29) is 50.3 Å². The maximum absolute atomic E-state index is 14.3. The fraction of sp³-hybridized carbons (Fsp3) is 0.130. The van der Waals surface area contributed by atoms with E-state index in [1.54, 1.807) is 25.2 Å². The normalized spacial score (nSPS) is 13.7. The zero-order valence-corrected chi connectivity index (χ0v) is 17.9. The predicted molar refractivity (Wildman–Crippen MR) is 116 cm³/mol. The van der Waals surface area contributed by atoms with Crippen molar-refractivity contribution >= 4 is 43.7 Å². The maximum atomic E-state index is 14.3. The van der Waals surface area contributed by atoms with E-state index in [4.69, 9.17) is 4.74 Å². The number of benzene rings is 3. The third kappa shape index (κ3) is 2.67. The van der Waals surface area contributed by atoms with E-state index in [0.29, 0.717) is 5.56 Å². The summed E-state index contributed by atoms with van der Waals surface area (Å²) in [6.45, 7) is 0.238. The average molecular weight is 452 g/mol. The van der Waals surface area contributed by atoms with E-state index >= 15 is 0 Å². The largest absolute Gasteiger partial charge is 0.465 e. The van der Waals surface area contributed by atoms with Gasteiger partial charge in [-0.05, 0) is 42.0 Å². The van der Waals surface area contributed by atoms with Crippen LogP contribution in [0.3, 0.4) is 0 Å². The molecular weight excluding hydrogens is 435 g/mol. The first kappa shape index (κ1) is 20.2. The lowest BCUT2D eigenvalue weighted by Crippen LogP contribution is -2.17. The first-order chi connectivity index (χ1) is 15.3. The van der Waals surface area contributed by atoms with Gasteiger partial charge in [-0.15, -0.1) is 0 Å². The molecule has 0 saturated carbocycles. The summed E-state index contributed by atoms with van der Waals surface area (Å²) in [5.74, 6) is -1.68. The van der Waals surface area contributed by atoms with Gasteiger partial charge in [0.05, 0.1) is 34.2 Å². The number of aromatic nitrogens is 1. The van der Waals surface area contributed by atoms with Gasteiger partial charge in [0.25, 0.3) is 15.9 Å². The van der Waals surface area contributed by atoms with Crippen LogP contribution in [0, 0.1) is 5.82 Å². The minimum absolute atomic E-state index is 0.0105. The van der Waals surface area contributed by atoms with Crippen molar-refractivity contribution in [3.05, 3.63) is 77.1 Å². The Bertz CT molecular complexity index is 1560. The number of methoxy groups -OCH3 is 1. The van der Waals surface area contributed by atoms with Crippen LogP contribution in [0.2, 0.25) is 0 Å². The van der Waals surface area contributed by atoms with Gasteiger partial charge >= 0.3 is 5.97 Å². The van der Waals surface area contributed by atoms with Crippen LogP contribution in [0.5, 0.6) is 0 Å². The quantitative estimate of drug-likeness (QED) is 0.444. The number of amides is 1. The van der Waals surface area contributed by atoms with Gasteiger partial charge in [0, 0.05) is 24.4 Å². The fourth-order valence-corrected chi connectivity index (χ4v) is 5.87. The molecule has 0 atom stereocenters. The number of fused-ring (bicyclic) bond motifs is 5. The zero-order chi connectivity index (χ0) is 22.8. The van der Waals surface area contributed by atoms with Crippen LogP contribution in [0.25, 0.3) is 21.8 Å². The van der Waals surface area contributed by atoms with Crippen molar-refractivity contribution in [2.24, 2.45) is 0 Å². The molecule has 9 heteroatoms. The molecule has 7 nitrogen and oxygen atoms in total. The molecule has 162 valence electrons. The van der Waals surface area contributed by atoms with Crippen molar-refractivity contribution in [1.82, 2.24) is 8.87 Å². The zero-order valence-electron chi connectivity index (χ0n) is 17.1. The summed E-state index contributed by atoms with van der Waals surface area (Å²) in [4.78, 5) is 27.2. The smallest absolute Gasteiger partial charge is 0.340 e. The molecule has 4 aromatic rings. The average Bonchev–Trinajstić information content (AvgIpc) is 3.27. The number of halogens is 1. The van der Waals surface area contributed by atoms with Crippen LogP contribution in [-0.4, -0.2) is 43.3 Å². The van der Waals surface area contributed by atoms with Gasteiger partial charge in [-0.2, -0.15) is 0 Å². The molecule has 0 spiro atoms. The highest BCUT2D eigenvalue weighted by molar-refractivity contribution is 7.90. The van der Waals surface area contributed by atoms with Crippen LogP contribution in [0.4, 0.5) is 4.39 Å². The summed E-state index contributed by atoms with van der Waals surface area (Å²) < 4.78 is 47.7. The molecular formula is C23H17FN2O5S. The molecule has 0 N–H and O–H groups in total. The molecule has 0 aliphatic carbocycles. The molecule has 0 radical (unpaired) electrons. The molecule has 32 heavy (non-hydrogen) atoms. The van der Waals surface area contributed by atoms with Crippen molar-refractivity contribution in [2.75, 3.05) is 14.2 Å². The van der Waals surface area contributed by atoms with E-state index < -0.39 is 21.8 Å². The molecule has 0 saturated heterocycles. The maximum Gasteiger partial charge on any atom is 0.340 e. The van der Waals surface area contributed by atoms with Gasteiger partial charge in [0.15, 0.2) is 0 Å². The van der Waals surface area contributed by atoms with Crippen LogP contribution in [0.15, 0.2) is 59.5 Å². The monoisotopic (exact) mass is 452 g/mol. The fourth-order valence-electron chi connectivity index (χ4n) is 4.31. The lowest BCUT2D eigenvalue weighted by molar-refractivity contribution is 0.0602. The summed E-state index contributed by atoms with van der Waals surface area (Å²) in [5.41, 5.74) is 0.939. The minimum Gasteiger partial charge on any atom is -0.465 e. The summed E-state index contributed by atoms with van der Waals surface area (Å²) in [5, 5.41) is 0.441. The number of nitrogens with zero attached hydrogens (tertiary/aromatic N) is 2. The summed E-state index contributed by atoms with van der Waals surface area (Å²) in [6.07, 6.45) is 0. The lowest BCUT2D eigenvalue weighted by Gasteiger charge is -2.12. The van der Waals surface area contributed by atoms with Gasteiger partial charge in [0.2, 0.25) is 0 Å². The molecule has 0 fully saturated rings. The van der Waals surface area contributed by atoms with E-state index in [2.05, 4.69) is 0 Å². The molecule has 3 aromatic carbocycles. The number of carbonyl (C=O) groups is 2. The Morgan fingerprint density at radius 1 is 1.09 bits per heavy atom. The molecule has 5 rings (SSSR count). The van der Waals surface area contributed by atoms with E-state index in [0.717, 1.165) is 10.0 Å². The summed E-state index contributed by atoms with van der Waals surface area (Å²) in [7, 11) is -1.42. The number of rotatable bonds is 3. The number of ether oxygens (including phenoxy) is 1. The Labute approximate surface area is 182 Å². The first-order valence-corrected chi connectivity index (χ1v) is 11.1. The van der Waals surface area contributed by atoms with Crippen molar-refractivity contribution in [2.45, 2.75) is 11.4 Å². The van der Waals surface area contributed by atoms with Crippen molar-refractivity contribution in [3.63, 3.8) is 0 Å². The third-order valence-corrected chi connectivity index (χ3v) is 7.41. The number of hydrogen-bond acceptors (Lipinski definition) is 5. The summed E-state index contributed by atoms with van der Waals surface area (Å²) in [6, 6.07) is 12.9. The summed E-state index contributed by atoms with van der Waals surface area (Å²) >= 11 is 0. The Morgan fingerprint density at radius 3 is 2.50 bits per heavy atom. The van der Waals surface area contributed by atoms with Gasteiger partial charge in [-0.3, -0.25) is 4.79 Å². The van der Waals surface area contributed by atoms with Gasteiger partial charge in [-0.1, -0.05) is 18.2 Å². The third-order valence-electron chi connectivity index (χ3n) is 5.69. The van der Waals surface area contributed by atoms with Gasteiger partial charge in [0.1, 0.15) is 5.82 Å². The van der Waals surface area contributed by atoms with Crippen LogP contribution in [0.1, 0.15) is 26.3 Å². The topological polar surface area (TPSA) is 85.7 Å². The minimum atomic E-state index is -4.21. The second kappa shape index (κ2) is 6.89. The standard InChI is InChI=1S/C23H17FN2O5S/c1-25-12-13-10-17(23(28)31-2)21-20(19(13)22(25)27)16-11-14(24)8-9-18(16)26(21)32(29,30)15-6-4-3-5-7-15/h3-11H,12H2,1-2H3. The molecule has 0 unspecified atom stereocenters. The Kier molecular flexibility index (Phi) is 4.35. The SMILES string of the molecule is COC(=O)c1cc2c(c3c4cc(F)ccc4n(S(=O)(=O)c4ccccc4)c13)C(=O)N(C)C2. The van der Waals surface area contributed by atoms with Gasteiger partial charge in [-0.25, -0.2) is 21.6 Å². The molecule has 2 heterocycles. The highest BCUT2D eigenvalue weighted by Crippen LogP contribution is 2.41. The second-order valence-corrected chi connectivity index (χ2v) is 9.37. The van der Waals surface area contributed by atoms with Crippen LogP contribution in [-0.2, 0) is 21.3 Å². The van der Waals surface area contributed by atoms with Crippen LogP contribution < -0.4 is 0 Å². The Morgan fingerprint density at radius 2 is 1.81 bits per heavy atom. The second-order valence-electron chi connectivity index (χ2n) is 7.58. The highest BCUT2D eigenvalue weighted by Gasteiger charge is 2.35. The predicted octanol–water partition coefficient (Wildman–Crippen LogP) is 3.54. The molecule has 1 amide bonds. The molecule has 1 aliphatic rings. The number of hydrogen-bond donors (Lipinski definition) is 0. The molecule has 1 aliphatic heterocycles. The Hall–Kier alpha value is -3.72. The highest BCUT2D eigenvalue weighted by atomic mass is 32.2. The lowest BCUT2D eigenvalue weighted by atomic mass is 9.98. The van der Waals surface area contributed by atoms with Crippen molar-refractivity contribution in [1.29, 1.82) is 0 Å². The van der Waals surface area contributed by atoms with E-state index in [1.807, 2.05) is 0 Å². The van der Waals surface area contributed by atoms with Gasteiger partial charge < -0.3 is 9.64 Å². The molecule has 1 aromatic heterocycles. The molecule has 0 bridgehead atoms. The van der Waals surface area contributed by atoms with E-state index in [9.17, 15) is 22.4 Å². The number of esters is 1. The van der Waals surface area contributed by atoms with Crippen LogP contribution >= 0.6 is 0 Å². The number of carbonyl (C=O) groups excluding carboxylic acids is 2.